The number of hydrogen-bond donors (Lipinski definition) is 1. The highest BCUT2D eigenvalue weighted by Gasteiger charge is 2.10. The Morgan fingerprint density at radius 1 is 1.55 bits per heavy atom. The van der Waals surface area contributed by atoms with Crippen molar-refractivity contribution in [3.63, 3.8) is 0 Å². The van der Waals surface area contributed by atoms with Gasteiger partial charge in [0, 0.05) is 12.7 Å². The van der Waals surface area contributed by atoms with E-state index in [1.807, 2.05) is 11.5 Å². The number of amides is 1. The second kappa shape index (κ2) is 6.85. The van der Waals surface area contributed by atoms with Crippen LogP contribution in [0.25, 0.3) is 0 Å². The van der Waals surface area contributed by atoms with E-state index in [1.165, 1.54) is 11.8 Å². The minimum absolute atomic E-state index is 0.103. The van der Waals surface area contributed by atoms with Gasteiger partial charge in [-0.25, -0.2) is 0 Å². The van der Waals surface area contributed by atoms with Gasteiger partial charge in [0.1, 0.15) is 5.82 Å². The Bertz CT molecular complexity index is 596. The third kappa shape index (κ3) is 3.67. The number of carbonyl (C=O) groups excluding carboxylic acids is 1. The molecule has 0 saturated heterocycles. The first-order valence-electron chi connectivity index (χ1n) is 6.04. The molecule has 0 spiro atoms. The van der Waals surface area contributed by atoms with Gasteiger partial charge in [-0.1, -0.05) is 17.8 Å². The zero-order valence-electron chi connectivity index (χ0n) is 11.1. The fraction of sp³-hybridized carbons (Fsp3) is 0.231. The molecule has 0 aliphatic carbocycles. The van der Waals surface area contributed by atoms with Crippen LogP contribution in [0.4, 0.5) is 5.69 Å². The van der Waals surface area contributed by atoms with Crippen molar-refractivity contribution in [2.24, 2.45) is 0 Å². The van der Waals surface area contributed by atoms with Crippen LogP contribution in [0.1, 0.15) is 5.82 Å². The van der Waals surface area contributed by atoms with Crippen LogP contribution in [-0.2, 0) is 11.3 Å². The van der Waals surface area contributed by atoms with Crippen molar-refractivity contribution in [3.8, 4) is 0 Å². The molecule has 0 aliphatic heterocycles. The Balaban J connectivity index is 1.92. The van der Waals surface area contributed by atoms with E-state index in [9.17, 15) is 4.79 Å². The smallest absolute Gasteiger partial charge is 0.234 e. The standard InChI is InChI=1S/C13H15N5OS/c1-3-7-18-10(2)16-17-13(18)20-9-12(19)15-11-5-4-6-14-8-11/h3-6,8H,1,7,9H2,2H3,(H,15,19). The first-order chi connectivity index (χ1) is 9.70. The van der Waals surface area contributed by atoms with Gasteiger partial charge in [0.15, 0.2) is 5.16 Å². The van der Waals surface area contributed by atoms with Gasteiger partial charge < -0.3 is 9.88 Å². The van der Waals surface area contributed by atoms with Crippen molar-refractivity contribution in [3.05, 3.63) is 43.0 Å². The van der Waals surface area contributed by atoms with Crippen molar-refractivity contribution in [1.82, 2.24) is 19.7 Å². The summed E-state index contributed by atoms with van der Waals surface area (Å²) in [5.41, 5.74) is 0.682. The van der Waals surface area contributed by atoms with Crippen molar-refractivity contribution >= 4 is 23.4 Å². The molecule has 2 aromatic rings. The van der Waals surface area contributed by atoms with Crippen LogP contribution in [0.15, 0.2) is 42.3 Å². The molecule has 0 aromatic carbocycles. The average Bonchev–Trinajstić information content (AvgIpc) is 2.79. The topological polar surface area (TPSA) is 72.7 Å². The molecule has 0 bridgehead atoms. The molecule has 0 aliphatic rings. The Labute approximate surface area is 121 Å². The SMILES string of the molecule is C=CCn1c(C)nnc1SCC(=O)Nc1cccnc1. The van der Waals surface area contributed by atoms with Crippen molar-refractivity contribution in [1.29, 1.82) is 0 Å². The maximum absolute atomic E-state index is 11.8. The summed E-state index contributed by atoms with van der Waals surface area (Å²) < 4.78 is 1.91. The lowest BCUT2D eigenvalue weighted by Gasteiger charge is -2.06. The van der Waals surface area contributed by atoms with E-state index in [1.54, 1.807) is 30.6 Å². The lowest BCUT2D eigenvalue weighted by molar-refractivity contribution is -0.113. The Kier molecular flexibility index (Phi) is 4.89. The molecule has 20 heavy (non-hydrogen) atoms. The molecule has 0 atom stereocenters. The fourth-order valence-electron chi connectivity index (χ4n) is 1.57. The van der Waals surface area contributed by atoms with Crippen LogP contribution in [0.5, 0.6) is 0 Å². The minimum atomic E-state index is -0.103. The number of nitrogens with one attached hydrogen (secondary N) is 1. The molecule has 2 rings (SSSR count). The average molecular weight is 289 g/mol. The van der Waals surface area contributed by atoms with Gasteiger partial charge in [-0.15, -0.1) is 16.8 Å². The summed E-state index contributed by atoms with van der Waals surface area (Å²) in [7, 11) is 0. The third-order valence-corrected chi connectivity index (χ3v) is 3.46. The quantitative estimate of drug-likeness (QED) is 0.649. The number of anilines is 1. The highest BCUT2D eigenvalue weighted by molar-refractivity contribution is 7.99. The third-order valence-electron chi connectivity index (χ3n) is 2.49. The molecule has 0 unspecified atom stereocenters. The molecule has 0 saturated carbocycles. The molecule has 0 fully saturated rings. The summed E-state index contributed by atoms with van der Waals surface area (Å²) in [6.07, 6.45) is 5.04. The molecule has 0 radical (unpaired) electrons. The number of carbonyl (C=O) groups is 1. The van der Waals surface area contributed by atoms with Crippen molar-refractivity contribution < 1.29 is 4.79 Å². The van der Waals surface area contributed by atoms with Gasteiger partial charge in [0.2, 0.25) is 5.91 Å². The maximum Gasteiger partial charge on any atom is 0.234 e. The van der Waals surface area contributed by atoms with Crippen molar-refractivity contribution in [2.45, 2.75) is 18.6 Å². The van der Waals surface area contributed by atoms with Gasteiger partial charge in [-0.3, -0.25) is 9.78 Å². The molecule has 2 heterocycles. The number of rotatable bonds is 6. The van der Waals surface area contributed by atoms with Crippen LogP contribution in [0.2, 0.25) is 0 Å². The van der Waals surface area contributed by atoms with Crippen LogP contribution in [0.3, 0.4) is 0 Å². The van der Waals surface area contributed by atoms with Crippen LogP contribution in [-0.4, -0.2) is 31.4 Å². The number of aromatic nitrogens is 4. The van der Waals surface area contributed by atoms with Crippen LogP contribution in [0, 0.1) is 6.92 Å². The first-order valence-corrected chi connectivity index (χ1v) is 7.02. The highest BCUT2D eigenvalue weighted by Crippen LogP contribution is 2.17. The molecule has 7 heteroatoms. The molecule has 104 valence electrons. The minimum Gasteiger partial charge on any atom is -0.324 e. The maximum atomic E-state index is 11.8. The highest BCUT2D eigenvalue weighted by atomic mass is 32.2. The summed E-state index contributed by atoms with van der Waals surface area (Å²) in [6.45, 7) is 6.20. The normalized spacial score (nSPS) is 10.2. The number of nitrogens with zero attached hydrogens (tertiary/aromatic N) is 4. The monoisotopic (exact) mass is 289 g/mol. The van der Waals surface area contributed by atoms with E-state index in [2.05, 4.69) is 27.1 Å². The van der Waals surface area contributed by atoms with Gasteiger partial charge in [0.25, 0.3) is 0 Å². The summed E-state index contributed by atoms with van der Waals surface area (Å²) in [5.74, 6) is 0.971. The number of hydrogen-bond acceptors (Lipinski definition) is 5. The number of aryl methyl sites for hydroxylation is 1. The van der Waals surface area contributed by atoms with Crippen LogP contribution < -0.4 is 5.32 Å². The second-order valence-electron chi connectivity index (χ2n) is 4.01. The number of allylic oxidation sites excluding steroid dienone is 1. The van der Waals surface area contributed by atoms with Gasteiger partial charge in [0.05, 0.1) is 17.6 Å². The van der Waals surface area contributed by atoms with E-state index in [-0.39, 0.29) is 11.7 Å². The van der Waals surface area contributed by atoms with E-state index in [0.29, 0.717) is 17.4 Å². The molecule has 2 aromatic heterocycles. The van der Waals surface area contributed by atoms with E-state index in [4.69, 9.17) is 0 Å². The number of pyridine rings is 1. The molecule has 6 nitrogen and oxygen atoms in total. The number of thioether (sulfide) groups is 1. The van der Waals surface area contributed by atoms with Crippen LogP contribution >= 0.6 is 11.8 Å². The van der Waals surface area contributed by atoms with E-state index >= 15 is 0 Å². The second-order valence-corrected chi connectivity index (χ2v) is 4.95. The first kappa shape index (κ1) is 14.3. The lowest BCUT2D eigenvalue weighted by atomic mass is 10.4. The summed E-state index contributed by atoms with van der Waals surface area (Å²) in [6, 6.07) is 3.56. The zero-order valence-corrected chi connectivity index (χ0v) is 11.9. The fourth-order valence-corrected chi connectivity index (χ4v) is 2.36. The predicted octanol–water partition coefficient (Wildman–Crippen LogP) is 1.90. The predicted molar refractivity (Wildman–Crippen MR) is 78.5 cm³/mol. The van der Waals surface area contributed by atoms with Crippen molar-refractivity contribution in [2.75, 3.05) is 11.1 Å². The Hall–Kier alpha value is -2.15. The Morgan fingerprint density at radius 2 is 2.40 bits per heavy atom. The van der Waals surface area contributed by atoms with E-state index < -0.39 is 0 Å². The summed E-state index contributed by atoms with van der Waals surface area (Å²) in [4.78, 5) is 15.8. The summed E-state index contributed by atoms with van der Waals surface area (Å²) >= 11 is 1.34. The lowest BCUT2D eigenvalue weighted by Crippen LogP contribution is -2.14. The Morgan fingerprint density at radius 3 is 3.10 bits per heavy atom. The molecule has 1 amide bonds. The van der Waals surface area contributed by atoms with E-state index in [0.717, 1.165) is 5.82 Å². The van der Waals surface area contributed by atoms with Gasteiger partial charge in [-0.05, 0) is 19.1 Å². The molecular formula is C13H15N5OS. The van der Waals surface area contributed by atoms with Gasteiger partial charge in [-0.2, -0.15) is 0 Å². The zero-order chi connectivity index (χ0) is 14.4. The largest absolute Gasteiger partial charge is 0.324 e. The summed E-state index contributed by atoms with van der Waals surface area (Å²) in [5, 5.41) is 11.5. The van der Waals surface area contributed by atoms with Gasteiger partial charge >= 0.3 is 0 Å². The molecule has 1 N–H and O–H groups in total. The molecular weight excluding hydrogens is 274 g/mol.